The van der Waals surface area contributed by atoms with Gasteiger partial charge in [0.2, 0.25) is 0 Å². The second-order valence-corrected chi connectivity index (χ2v) is 5.58. The maximum absolute atomic E-state index is 11.6. The van der Waals surface area contributed by atoms with Crippen LogP contribution in [-0.2, 0) is 17.6 Å². The third-order valence-electron chi connectivity index (χ3n) is 4.33. The Labute approximate surface area is 118 Å². The van der Waals surface area contributed by atoms with Crippen molar-refractivity contribution in [2.24, 2.45) is 5.73 Å². The Balaban J connectivity index is 2.28. The van der Waals surface area contributed by atoms with Crippen molar-refractivity contribution in [3.63, 3.8) is 0 Å². The van der Waals surface area contributed by atoms with Crippen molar-refractivity contribution in [3.8, 4) is 0 Å². The maximum atomic E-state index is 11.6. The fourth-order valence-corrected chi connectivity index (χ4v) is 3.39. The predicted molar refractivity (Wildman–Crippen MR) is 78.9 cm³/mol. The number of rotatable bonds is 3. The molecule has 2 aromatic rings. The van der Waals surface area contributed by atoms with E-state index in [1.807, 2.05) is 29.7 Å². The summed E-state index contributed by atoms with van der Waals surface area (Å²) in [5, 5.41) is 10.7. The highest BCUT2D eigenvalue weighted by molar-refractivity contribution is 5.88. The monoisotopic (exact) mass is 272 g/mol. The Kier molecular flexibility index (Phi) is 3.26. The first kappa shape index (κ1) is 13.2. The van der Waals surface area contributed by atoms with Gasteiger partial charge in [-0.15, -0.1) is 0 Å². The molecule has 0 bridgehead atoms. The average Bonchev–Trinajstić information content (AvgIpc) is 2.74. The fourth-order valence-electron chi connectivity index (χ4n) is 3.39. The smallest absolute Gasteiger partial charge is 0.326 e. The number of carboxylic acid groups (broad SMARTS) is 1. The van der Waals surface area contributed by atoms with Crippen LogP contribution < -0.4 is 5.73 Å². The van der Waals surface area contributed by atoms with Crippen LogP contribution in [0, 0.1) is 0 Å². The number of carbonyl (C=O) groups is 1. The normalized spacial score (nSPS) is 19.8. The van der Waals surface area contributed by atoms with E-state index in [1.165, 1.54) is 11.3 Å². The fraction of sp³-hybridized carbons (Fsp3) is 0.438. The number of aliphatic carboxylic acids is 1. The summed E-state index contributed by atoms with van der Waals surface area (Å²) in [5.74, 6) is -0.758. The Morgan fingerprint density at radius 2 is 2.25 bits per heavy atom. The standard InChI is InChI=1S/C16H20N2O2/c1-2-13(16(19)20)18-14-6-4-3-5-11(14)12-9-10(17)7-8-15(12)18/h3-6,10,13H,2,7-9,17H2,1H3,(H,19,20)/t10-,13?/m0/s1. The average molecular weight is 272 g/mol. The molecule has 0 aliphatic heterocycles. The minimum atomic E-state index is -0.758. The number of hydrogen-bond acceptors (Lipinski definition) is 2. The highest BCUT2D eigenvalue weighted by Crippen LogP contribution is 2.35. The van der Waals surface area contributed by atoms with Gasteiger partial charge in [-0.2, -0.15) is 0 Å². The van der Waals surface area contributed by atoms with Crippen LogP contribution in [0.4, 0.5) is 0 Å². The van der Waals surface area contributed by atoms with E-state index in [2.05, 4.69) is 6.07 Å². The minimum absolute atomic E-state index is 0.187. The van der Waals surface area contributed by atoms with Gasteiger partial charge in [0.25, 0.3) is 0 Å². The number of aromatic nitrogens is 1. The molecular formula is C16H20N2O2. The first-order chi connectivity index (χ1) is 9.63. The molecule has 1 heterocycles. The van der Waals surface area contributed by atoms with Crippen molar-refractivity contribution < 1.29 is 9.90 Å². The van der Waals surface area contributed by atoms with E-state index in [0.717, 1.165) is 30.2 Å². The van der Waals surface area contributed by atoms with Gasteiger partial charge in [-0.1, -0.05) is 25.1 Å². The number of fused-ring (bicyclic) bond motifs is 3. The quantitative estimate of drug-likeness (QED) is 0.902. The molecule has 0 fully saturated rings. The van der Waals surface area contributed by atoms with Crippen molar-refractivity contribution in [3.05, 3.63) is 35.5 Å². The Morgan fingerprint density at radius 1 is 1.50 bits per heavy atom. The number of carboxylic acids is 1. The van der Waals surface area contributed by atoms with Crippen molar-refractivity contribution >= 4 is 16.9 Å². The van der Waals surface area contributed by atoms with Crippen molar-refractivity contribution in [1.29, 1.82) is 0 Å². The van der Waals surface area contributed by atoms with Gasteiger partial charge in [-0.05, 0) is 37.3 Å². The molecule has 0 saturated heterocycles. The second kappa shape index (κ2) is 4.94. The van der Waals surface area contributed by atoms with Crippen LogP contribution in [0.3, 0.4) is 0 Å². The topological polar surface area (TPSA) is 68.2 Å². The molecule has 1 unspecified atom stereocenters. The van der Waals surface area contributed by atoms with Gasteiger partial charge in [-0.25, -0.2) is 4.79 Å². The van der Waals surface area contributed by atoms with Gasteiger partial charge >= 0.3 is 5.97 Å². The highest BCUT2D eigenvalue weighted by Gasteiger charge is 2.28. The van der Waals surface area contributed by atoms with Gasteiger partial charge in [0.1, 0.15) is 6.04 Å². The van der Waals surface area contributed by atoms with Crippen LogP contribution >= 0.6 is 0 Å². The third-order valence-corrected chi connectivity index (χ3v) is 4.33. The molecule has 1 aromatic heterocycles. The molecule has 1 aromatic carbocycles. The molecule has 0 spiro atoms. The maximum Gasteiger partial charge on any atom is 0.326 e. The minimum Gasteiger partial charge on any atom is -0.480 e. The lowest BCUT2D eigenvalue weighted by atomic mass is 9.92. The Hall–Kier alpha value is -1.81. The molecule has 0 radical (unpaired) electrons. The van der Waals surface area contributed by atoms with Crippen LogP contribution in [0.5, 0.6) is 0 Å². The SMILES string of the molecule is CCC(C(=O)O)n1c2c(c3ccccc31)C[C@@H](N)CC2. The Bertz CT molecular complexity index is 660. The molecule has 3 rings (SSSR count). The van der Waals surface area contributed by atoms with E-state index in [0.29, 0.717) is 6.42 Å². The number of hydrogen-bond donors (Lipinski definition) is 2. The molecule has 106 valence electrons. The lowest BCUT2D eigenvalue weighted by Crippen LogP contribution is -2.29. The van der Waals surface area contributed by atoms with E-state index in [4.69, 9.17) is 5.73 Å². The lowest BCUT2D eigenvalue weighted by molar-refractivity contribution is -0.140. The summed E-state index contributed by atoms with van der Waals surface area (Å²) in [6.45, 7) is 1.93. The van der Waals surface area contributed by atoms with Crippen molar-refractivity contribution in [2.45, 2.75) is 44.7 Å². The van der Waals surface area contributed by atoms with Gasteiger partial charge in [0, 0.05) is 22.6 Å². The molecular weight excluding hydrogens is 252 g/mol. The molecule has 1 aliphatic rings. The van der Waals surface area contributed by atoms with Gasteiger partial charge < -0.3 is 15.4 Å². The zero-order valence-electron chi connectivity index (χ0n) is 11.7. The predicted octanol–water partition coefficient (Wildman–Crippen LogP) is 2.49. The van der Waals surface area contributed by atoms with E-state index >= 15 is 0 Å². The second-order valence-electron chi connectivity index (χ2n) is 5.58. The largest absolute Gasteiger partial charge is 0.480 e. The first-order valence-corrected chi connectivity index (χ1v) is 7.22. The van der Waals surface area contributed by atoms with E-state index in [1.54, 1.807) is 0 Å². The van der Waals surface area contributed by atoms with Crippen LogP contribution in [0.1, 0.15) is 37.1 Å². The molecule has 2 atom stereocenters. The summed E-state index contributed by atoms with van der Waals surface area (Å²) in [7, 11) is 0. The van der Waals surface area contributed by atoms with E-state index in [9.17, 15) is 9.90 Å². The van der Waals surface area contributed by atoms with Crippen LogP contribution in [0.15, 0.2) is 24.3 Å². The van der Waals surface area contributed by atoms with E-state index < -0.39 is 12.0 Å². The number of nitrogens with zero attached hydrogens (tertiary/aromatic N) is 1. The van der Waals surface area contributed by atoms with Crippen LogP contribution in [0.2, 0.25) is 0 Å². The molecule has 3 N–H and O–H groups in total. The van der Waals surface area contributed by atoms with Crippen molar-refractivity contribution in [2.75, 3.05) is 0 Å². The zero-order chi connectivity index (χ0) is 14.3. The molecule has 20 heavy (non-hydrogen) atoms. The third kappa shape index (κ3) is 1.91. The summed E-state index contributed by atoms with van der Waals surface area (Å²) in [5.41, 5.74) is 9.54. The lowest BCUT2D eigenvalue weighted by Gasteiger charge is -2.23. The molecule has 4 heteroatoms. The zero-order valence-corrected chi connectivity index (χ0v) is 11.7. The van der Waals surface area contributed by atoms with Gasteiger partial charge in [-0.3, -0.25) is 0 Å². The summed E-state index contributed by atoms with van der Waals surface area (Å²) >= 11 is 0. The molecule has 4 nitrogen and oxygen atoms in total. The number of para-hydroxylation sites is 1. The summed E-state index contributed by atoms with van der Waals surface area (Å²) < 4.78 is 2.03. The summed E-state index contributed by atoms with van der Waals surface area (Å²) in [6, 6.07) is 7.78. The molecule has 0 amide bonds. The van der Waals surface area contributed by atoms with E-state index in [-0.39, 0.29) is 6.04 Å². The van der Waals surface area contributed by atoms with Gasteiger partial charge in [0.05, 0.1) is 0 Å². The number of nitrogens with two attached hydrogens (primary N) is 1. The van der Waals surface area contributed by atoms with Crippen LogP contribution in [-0.4, -0.2) is 21.7 Å². The van der Waals surface area contributed by atoms with Gasteiger partial charge in [0.15, 0.2) is 0 Å². The van der Waals surface area contributed by atoms with Crippen molar-refractivity contribution in [1.82, 2.24) is 4.57 Å². The summed E-state index contributed by atoms with van der Waals surface area (Å²) in [6.07, 6.45) is 3.24. The highest BCUT2D eigenvalue weighted by atomic mass is 16.4. The van der Waals surface area contributed by atoms with Crippen LogP contribution in [0.25, 0.3) is 10.9 Å². The first-order valence-electron chi connectivity index (χ1n) is 7.22. The molecule has 0 saturated carbocycles. The number of benzene rings is 1. The Morgan fingerprint density at radius 3 is 2.95 bits per heavy atom. The molecule has 1 aliphatic carbocycles. The summed E-state index contributed by atoms with van der Waals surface area (Å²) in [4.78, 5) is 11.6.